The van der Waals surface area contributed by atoms with Crippen LogP contribution in [0.25, 0.3) is 10.2 Å². The molecule has 0 aliphatic carbocycles. The quantitative estimate of drug-likeness (QED) is 0.669. The number of benzene rings is 2. The van der Waals surface area contributed by atoms with Crippen molar-refractivity contribution < 1.29 is 27.4 Å². The molecule has 9 heteroatoms. The Labute approximate surface area is 150 Å². The smallest absolute Gasteiger partial charge is 0.455 e. The summed E-state index contributed by atoms with van der Waals surface area (Å²) < 4.78 is 47.9. The van der Waals surface area contributed by atoms with Crippen molar-refractivity contribution in [3.8, 4) is 17.2 Å². The number of hydrogen-bond donors (Lipinski definition) is 1. The van der Waals surface area contributed by atoms with Gasteiger partial charge in [0.25, 0.3) is 0 Å². The molecule has 0 unspecified atom stereocenters. The van der Waals surface area contributed by atoms with Crippen molar-refractivity contribution in [2.45, 2.75) is 20.2 Å². The maximum absolute atomic E-state index is 12.4. The van der Waals surface area contributed by atoms with Crippen molar-refractivity contribution in [3.05, 3.63) is 41.4 Å². The average Bonchev–Trinajstić information content (AvgIpc) is 2.87. The van der Waals surface area contributed by atoms with E-state index in [1.807, 2.05) is 13.0 Å². The number of aromatic nitrogens is 1. The molecule has 1 amide bonds. The van der Waals surface area contributed by atoms with Gasteiger partial charge in [-0.15, -0.1) is 24.5 Å². The molecule has 1 aromatic heterocycles. The van der Waals surface area contributed by atoms with E-state index in [4.69, 9.17) is 4.74 Å². The van der Waals surface area contributed by atoms with Crippen LogP contribution in [0.2, 0.25) is 0 Å². The molecular weight excluding hydrogens is 369 g/mol. The molecule has 136 valence electrons. The fourth-order valence-electron chi connectivity index (χ4n) is 2.29. The first kappa shape index (κ1) is 18.0. The first-order valence-electron chi connectivity index (χ1n) is 7.42. The molecule has 1 N–H and O–H groups in total. The summed E-state index contributed by atoms with van der Waals surface area (Å²) in [5.74, 6) is -0.441. The van der Waals surface area contributed by atoms with E-state index >= 15 is 0 Å². The molecule has 26 heavy (non-hydrogen) atoms. The van der Waals surface area contributed by atoms with Crippen LogP contribution >= 0.6 is 11.3 Å². The van der Waals surface area contributed by atoms with Gasteiger partial charge < -0.3 is 14.8 Å². The van der Waals surface area contributed by atoms with Gasteiger partial charge in [0, 0.05) is 19.1 Å². The Bertz CT molecular complexity index is 970. The summed E-state index contributed by atoms with van der Waals surface area (Å²) >= 11 is 1.52. The highest BCUT2D eigenvalue weighted by atomic mass is 32.1. The first-order valence-corrected chi connectivity index (χ1v) is 8.24. The SMILES string of the molecule is CC(=O)Nc1ccc(OC(F)(F)F)cc1Oc1ccc2sc(C)nc2c1. The maximum atomic E-state index is 12.4. The van der Waals surface area contributed by atoms with E-state index < -0.39 is 12.1 Å². The molecule has 3 rings (SSSR count). The number of anilines is 1. The molecule has 0 saturated carbocycles. The van der Waals surface area contributed by atoms with Crippen LogP contribution in [0.3, 0.4) is 0 Å². The summed E-state index contributed by atoms with van der Waals surface area (Å²) in [5.41, 5.74) is 0.940. The summed E-state index contributed by atoms with van der Waals surface area (Å²) in [6.45, 7) is 3.16. The van der Waals surface area contributed by atoms with Crippen molar-refractivity contribution in [1.29, 1.82) is 0 Å². The van der Waals surface area contributed by atoms with Gasteiger partial charge in [-0.05, 0) is 31.2 Å². The summed E-state index contributed by atoms with van der Waals surface area (Å²) in [6, 6.07) is 8.60. The Hall–Kier alpha value is -2.81. The largest absolute Gasteiger partial charge is 0.573 e. The predicted molar refractivity (Wildman–Crippen MR) is 91.9 cm³/mol. The van der Waals surface area contributed by atoms with Crippen molar-refractivity contribution in [2.24, 2.45) is 0 Å². The Morgan fingerprint density at radius 1 is 1.15 bits per heavy atom. The molecule has 0 radical (unpaired) electrons. The minimum absolute atomic E-state index is 0.0215. The number of carbonyl (C=O) groups excluding carboxylic acids is 1. The third kappa shape index (κ3) is 4.42. The maximum Gasteiger partial charge on any atom is 0.573 e. The summed E-state index contributed by atoms with van der Waals surface area (Å²) in [7, 11) is 0. The van der Waals surface area contributed by atoms with Crippen LogP contribution in [0, 0.1) is 6.92 Å². The van der Waals surface area contributed by atoms with Gasteiger partial charge in [-0.25, -0.2) is 4.98 Å². The van der Waals surface area contributed by atoms with Crippen LogP contribution in [0.1, 0.15) is 11.9 Å². The van der Waals surface area contributed by atoms with Crippen LogP contribution in [-0.2, 0) is 4.79 Å². The van der Waals surface area contributed by atoms with Gasteiger partial charge in [0.15, 0.2) is 5.75 Å². The molecular formula is C17H13F3N2O3S. The lowest BCUT2D eigenvalue weighted by Crippen LogP contribution is -2.17. The van der Waals surface area contributed by atoms with Gasteiger partial charge in [-0.2, -0.15) is 0 Å². The van der Waals surface area contributed by atoms with Crippen molar-refractivity contribution in [3.63, 3.8) is 0 Å². The summed E-state index contributed by atoms with van der Waals surface area (Å²) in [6.07, 6.45) is -4.83. The topological polar surface area (TPSA) is 60.5 Å². The Kier molecular flexibility index (Phi) is 4.73. The van der Waals surface area contributed by atoms with E-state index in [-0.39, 0.29) is 17.3 Å². The minimum Gasteiger partial charge on any atom is -0.455 e. The average molecular weight is 382 g/mol. The summed E-state index contributed by atoms with van der Waals surface area (Å²) in [5, 5.41) is 3.40. The summed E-state index contributed by atoms with van der Waals surface area (Å²) in [4.78, 5) is 15.7. The van der Waals surface area contributed by atoms with Gasteiger partial charge in [0.05, 0.1) is 20.9 Å². The molecule has 5 nitrogen and oxygen atoms in total. The van der Waals surface area contributed by atoms with Gasteiger partial charge in [0.2, 0.25) is 5.91 Å². The second kappa shape index (κ2) is 6.83. The number of carbonyl (C=O) groups is 1. The molecule has 0 aliphatic heterocycles. The van der Waals surface area contributed by atoms with E-state index in [1.165, 1.54) is 24.3 Å². The van der Waals surface area contributed by atoms with Gasteiger partial charge in [0.1, 0.15) is 11.5 Å². The van der Waals surface area contributed by atoms with Gasteiger partial charge >= 0.3 is 6.36 Å². The Morgan fingerprint density at radius 3 is 2.58 bits per heavy atom. The van der Waals surface area contributed by atoms with E-state index in [0.29, 0.717) is 11.3 Å². The fourth-order valence-corrected chi connectivity index (χ4v) is 3.10. The van der Waals surface area contributed by atoms with E-state index in [0.717, 1.165) is 21.8 Å². The molecule has 2 aromatic carbocycles. The highest BCUT2D eigenvalue weighted by Crippen LogP contribution is 2.36. The first-order chi connectivity index (χ1) is 12.2. The molecule has 0 aliphatic rings. The third-order valence-corrected chi connectivity index (χ3v) is 4.14. The zero-order valence-corrected chi connectivity index (χ0v) is 14.5. The molecule has 0 fully saturated rings. The second-order valence-corrected chi connectivity index (χ2v) is 6.59. The zero-order chi connectivity index (χ0) is 18.9. The lowest BCUT2D eigenvalue weighted by Gasteiger charge is -2.14. The number of aryl methyl sites for hydroxylation is 1. The minimum atomic E-state index is -4.83. The predicted octanol–water partition coefficient (Wildman–Crippen LogP) is 5.25. The van der Waals surface area contributed by atoms with Gasteiger partial charge in [-0.3, -0.25) is 4.79 Å². The van der Waals surface area contributed by atoms with Crippen LogP contribution in [0.15, 0.2) is 36.4 Å². The normalized spacial score (nSPS) is 11.4. The molecule has 0 saturated heterocycles. The number of thiazole rings is 1. The number of nitrogens with zero attached hydrogens (tertiary/aromatic N) is 1. The number of nitrogens with one attached hydrogen (secondary N) is 1. The molecule has 1 heterocycles. The zero-order valence-electron chi connectivity index (χ0n) is 13.7. The fraction of sp³-hybridized carbons (Fsp3) is 0.176. The molecule has 0 bridgehead atoms. The van der Waals surface area contributed by atoms with Crippen LogP contribution in [0.5, 0.6) is 17.2 Å². The number of fused-ring (bicyclic) bond motifs is 1. The van der Waals surface area contributed by atoms with Crippen molar-refractivity contribution >= 4 is 33.1 Å². The van der Waals surface area contributed by atoms with Crippen molar-refractivity contribution in [1.82, 2.24) is 4.98 Å². The Morgan fingerprint density at radius 2 is 1.88 bits per heavy atom. The number of alkyl halides is 3. The Balaban J connectivity index is 1.95. The van der Waals surface area contributed by atoms with Crippen LogP contribution in [-0.4, -0.2) is 17.3 Å². The number of ether oxygens (including phenoxy) is 2. The lowest BCUT2D eigenvalue weighted by molar-refractivity contribution is -0.274. The third-order valence-electron chi connectivity index (χ3n) is 3.19. The number of hydrogen-bond acceptors (Lipinski definition) is 5. The monoisotopic (exact) mass is 382 g/mol. The van der Waals surface area contributed by atoms with E-state index in [1.54, 1.807) is 12.1 Å². The highest BCUT2D eigenvalue weighted by molar-refractivity contribution is 7.18. The van der Waals surface area contributed by atoms with E-state index in [9.17, 15) is 18.0 Å². The van der Waals surface area contributed by atoms with Crippen LogP contribution in [0.4, 0.5) is 18.9 Å². The number of rotatable bonds is 4. The van der Waals surface area contributed by atoms with E-state index in [2.05, 4.69) is 15.0 Å². The van der Waals surface area contributed by atoms with Crippen molar-refractivity contribution in [2.75, 3.05) is 5.32 Å². The molecule has 3 aromatic rings. The number of halogens is 3. The van der Waals surface area contributed by atoms with Crippen LogP contribution < -0.4 is 14.8 Å². The second-order valence-electron chi connectivity index (χ2n) is 5.35. The van der Waals surface area contributed by atoms with Gasteiger partial charge in [-0.1, -0.05) is 0 Å². The standard InChI is InChI=1S/C17H13F3N2O3S/c1-9(23)21-13-5-3-12(25-17(18,19)20)8-15(13)24-11-4-6-16-14(7-11)22-10(2)26-16/h3-8H,1-2H3,(H,21,23). The number of amides is 1. The highest BCUT2D eigenvalue weighted by Gasteiger charge is 2.31. The molecule has 0 spiro atoms. The molecule has 0 atom stereocenters. The lowest BCUT2D eigenvalue weighted by atomic mass is 10.2.